The molecule has 0 radical (unpaired) electrons. The quantitative estimate of drug-likeness (QED) is 0.409. The molecule has 0 heterocycles. The summed E-state index contributed by atoms with van der Waals surface area (Å²) in [5.74, 6) is 0. The van der Waals surface area contributed by atoms with Crippen molar-refractivity contribution in [1.29, 1.82) is 0 Å². The maximum atomic E-state index is 9.90. The van der Waals surface area contributed by atoms with Crippen LogP contribution in [0.15, 0.2) is 30.3 Å². The number of aldehydes is 1. The van der Waals surface area contributed by atoms with E-state index < -0.39 is 0 Å². The van der Waals surface area contributed by atoms with Crippen LogP contribution in [-0.2, 0) is 9.53 Å². The minimum absolute atomic E-state index is 0.217. The molecule has 0 unspecified atom stereocenters. The summed E-state index contributed by atoms with van der Waals surface area (Å²) in [5.41, 5.74) is 0.676. The van der Waals surface area contributed by atoms with Crippen LogP contribution in [0.4, 0.5) is 0 Å². The van der Waals surface area contributed by atoms with E-state index in [2.05, 4.69) is 12.1 Å². The Kier molecular flexibility index (Phi) is 4.69. The van der Waals surface area contributed by atoms with Gasteiger partial charge in [0, 0.05) is 0 Å². The molecule has 1 aromatic carbocycles. The molecule has 0 aliphatic rings. The molecule has 0 aliphatic carbocycles. The van der Waals surface area contributed by atoms with Crippen LogP contribution in [0.1, 0.15) is 0 Å². The first-order valence-corrected chi connectivity index (χ1v) is 5.69. The van der Waals surface area contributed by atoms with Gasteiger partial charge in [-0.3, -0.25) is 0 Å². The molecule has 0 spiro atoms. The number of hydrogen-bond donors (Lipinski definition) is 0. The van der Waals surface area contributed by atoms with Crippen LogP contribution in [-0.4, -0.2) is 33.4 Å². The van der Waals surface area contributed by atoms with Gasteiger partial charge in [0.05, 0.1) is 0 Å². The molecule has 0 aromatic heterocycles. The fraction of sp³-hybridized carbons (Fsp3) is 0.222. The summed E-state index contributed by atoms with van der Waals surface area (Å²) in [6, 6.07) is 10.2. The van der Waals surface area contributed by atoms with Crippen LogP contribution in [0.25, 0.3) is 0 Å². The zero-order valence-corrected chi connectivity index (χ0v) is 8.32. The first kappa shape index (κ1) is 9.46. The molecule has 3 heteroatoms. The fourth-order valence-corrected chi connectivity index (χ4v) is 2.12. The van der Waals surface area contributed by atoms with Crippen molar-refractivity contribution in [2.24, 2.45) is 0 Å². The average Bonchev–Trinajstić information content (AvgIpc) is 2.14. The Hall–Kier alpha value is -0.631. The van der Waals surface area contributed by atoms with E-state index in [0.29, 0.717) is 20.5 Å². The molecule has 0 N–H and O–H groups in total. The molecular weight excluding hydrogens is 219 g/mol. The van der Waals surface area contributed by atoms with Gasteiger partial charge >= 0.3 is 77.7 Å². The van der Waals surface area contributed by atoms with Crippen molar-refractivity contribution in [1.82, 2.24) is 0 Å². The molecule has 2 nitrogen and oxygen atoms in total. The van der Waals surface area contributed by atoms with Gasteiger partial charge in [0.15, 0.2) is 0 Å². The Labute approximate surface area is 78.1 Å². The second kappa shape index (κ2) is 5.95. The summed E-state index contributed by atoms with van der Waals surface area (Å²) in [4.78, 5) is 9.90. The van der Waals surface area contributed by atoms with Gasteiger partial charge in [0.1, 0.15) is 0 Å². The van der Waals surface area contributed by atoms with Gasteiger partial charge in [0.25, 0.3) is 0 Å². The molecule has 0 saturated heterocycles. The first-order chi connectivity index (χ1) is 5.93. The third-order valence-corrected chi connectivity index (χ3v) is 3.11. The second-order valence-electron chi connectivity index (χ2n) is 2.11. The normalized spacial score (nSPS) is 9.67. The summed E-state index contributed by atoms with van der Waals surface area (Å²) in [6.07, 6.45) is 0.779. The summed E-state index contributed by atoms with van der Waals surface area (Å²) in [5, 5.41) is 0. The Morgan fingerprint density at radius 1 is 1.33 bits per heavy atom. The molecule has 1 aromatic rings. The topological polar surface area (TPSA) is 26.3 Å². The zero-order chi connectivity index (χ0) is 8.65. The van der Waals surface area contributed by atoms with E-state index in [0.717, 1.165) is 6.29 Å². The Morgan fingerprint density at radius 3 is 2.75 bits per heavy atom. The fourth-order valence-electron chi connectivity index (χ4n) is 0.723. The van der Waals surface area contributed by atoms with Gasteiger partial charge in [-0.2, -0.15) is 0 Å². The molecule has 0 amide bonds. The first-order valence-electron chi connectivity index (χ1n) is 3.62. The molecule has 0 aliphatic heterocycles. The number of carbonyl (C=O) groups excluding carboxylic acids is 1. The van der Waals surface area contributed by atoms with Crippen molar-refractivity contribution in [2.45, 2.75) is 0 Å². The van der Waals surface area contributed by atoms with E-state index in [1.54, 1.807) is 0 Å². The standard InChI is InChI=1S/C9H10O2Se/c10-6-7-11-8-12-9-4-2-1-3-5-9/h1-6H,7-8H2. The van der Waals surface area contributed by atoms with E-state index in [1.807, 2.05) is 18.2 Å². The van der Waals surface area contributed by atoms with Crippen LogP contribution in [0.5, 0.6) is 0 Å². The number of hydrogen-bond acceptors (Lipinski definition) is 2. The SMILES string of the molecule is O=CCOC[Se]c1ccccc1. The summed E-state index contributed by atoms with van der Waals surface area (Å²) < 4.78 is 6.35. The van der Waals surface area contributed by atoms with E-state index in [1.165, 1.54) is 4.46 Å². The van der Waals surface area contributed by atoms with Crippen LogP contribution in [0.2, 0.25) is 0 Å². The molecule has 0 saturated carbocycles. The number of ether oxygens (including phenoxy) is 1. The minimum atomic E-state index is 0.217. The third kappa shape index (κ3) is 3.67. The van der Waals surface area contributed by atoms with Gasteiger partial charge in [-0.05, 0) is 0 Å². The molecule has 0 atom stereocenters. The average molecular weight is 229 g/mol. The summed E-state index contributed by atoms with van der Waals surface area (Å²) in [7, 11) is 0. The molecule has 0 bridgehead atoms. The van der Waals surface area contributed by atoms with Crippen molar-refractivity contribution < 1.29 is 9.53 Å². The third-order valence-electron chi connectivity index (χ3n) is 1.24. The van der Waals surface area contributed by atoms with Gasteiger partial charge in [-0.1, -0.05) is 0 Å². The molecule has 64 valence electrons. The van der Waals surface area contributed by atoms with Crippen molar-refractivity contribution in [3.8, 4) is 0 Å². The Balaban J connectivity index is 2.20. The van der Waals surface area contributed by atoms with E-state index >= 15 is 0 Å². The van der Waals surface area contributed by atoms with Gasteiger partial charge < -0.3 is 0 Å². The summed E-state index contributed by atoms with van der Waals surface area (Å²) in [6.45, 7) is 0.217. The van der Waals surface area contributed by atoms with E-state index in [4.69, 9.17) is 4.74 Å². The maximum absolute atomic E-state index is 9.90. The van der Waals surface area contributed by atoms with E-state index in [9.17, 15) is 4.79 Å². The van der Waals surface area contributed by atoms with E-state index in [-0.39, 0.29) is 6.61 Å². The second-order valence-corrected chi connectivity index (χ2v) is 4.20. The molecule has 1 rings (SSSR count). The Morgan fingerprint density at radius 2 is 2.08 bits per heavy atom. The monoisotopic (exact) mass is 230 g/mol. The van der Waals surface area contributed by atoms with Gasteiger partial charge in [0.2, 0.25) is 0 Å². The molecule has 0 fully saturated rings. The van der Waals surface area contributed by atoms with Crippen LogP contribution in [0.3, 0.4) is 0 Å². The Bertz CT molecular complexity index is 223. The predicted molar refractivity (Wildman–Crippen MR) is 48.7 cm³/mol. The number of carbonyl (C=O) groups is 1. The molecular formula is C9H10O2Se. The van der Waals surface area contributed by atoms with Gasteiger partial charge in [-0.15, -0.1) is 0 Å². The zero-order valence-electron chi connectivity index (χ0n) is 6.60. The van der Waals surface area contributed by atoms with Crippen molar-refractivity contribution in [2.75, 3.05) is 12.1 Å². The van der Waals surface area contributed by atoms with Crippen LogP contribution >= 0.6 is 0 Å². The molecule has 12 heavy (non-hydrogen) atoms. The van der Waals surface area contributed by atoms with Crippen LogP contribution < -0.4 is 4.46 Å². The van der Waals surface area contributed by atoms with Gasteiger partial charge in [-0.25, -0.2) is 0 Å². The predicted octanol–water partition coefficient (Wildman–Crippen LogP) is 0.189. The number of benzene rings is 1. The van der Waals surface area contributed by atoms with Crippen LogP contribution in [0, 0.1) is 0 Å². The summed E-state index contributed by atoms with van der Waals surface area (Å²) >= 11 is 0.338. The van der Waals surface area contributed by atoms with Crippen molar-refractivity contribution >= 4 is 25.7 Å². The number of rotatable bonds is 5. The van der Waals surface area contributed by atoms with Crippen molar-refractivity contribution in [3.63, 3.8) is 0 Å². The van der Waals surface area contributed by atoms with Crippen molar-refractivity contribution in [3.05, 3.63) is 30.3 Å².